The van der Waals surface area contributed by atoms with E-state index in [4.69, 9.17) is 10.5 Å². The van der Waals surface area contributed by atoms with E-state index in [1.165, 1.54) is 0 Å². The first kappa shape index (κ1) is 11.1. The van der Waals surface area contributed by atoms with Crippen LogP contribution in [0.2, 0.25) is 0 Å². The number of aromatic nitrogens is 2. The molecule has 2 rings (SSSR count). The van der Waals surface area contributed by atoms with E-state index >= 15 is 0 Å². The Hall–Kier alpha value is -1.37. The molecule has 5 heteroatoms. The lowest BCUT2D eigenvalue weighted by Gasteiger charge is -2.04. The molecule has 0 atom stereocenters. The normalized spacial score (nSPS) is 10.1. The second kappa shape index (κ2) is 4.65. The quantitative estimate of drug-likeness (QED) is 0.860. The number of methoxy groups -OCH3 is 1. The molecule has 16 heavy (non-hydrogen) atoms. The Morgan fingerprint density at radius 3 is 2.88 bits per heavy atom. The van der Waals surface area contributed by atoms with Gasteiger partial charge in [0, 0.05) is 11.8 Å². The molecule has 4 nitrogen and oxygen atoms in total. The topological polar surface area (TPSA) is 61.0 Å². The fourth-order valence-electron chi connectivity index (χ4n) is 1.28. The molecule has 0 fully saturated rings. The Morgan fingerprint density at radius 2 is 2.19 bits per heavy atom. The van der Waals surface area contributed by atoms with Gasteiger partial charge < -0.3 is 10.5 Å². The Kier molecular flexibility index (Phi) is 3.23. The van der Waals surface area contributed by atoms with Crippen molar-refractivity contribution in [1.82, 2.24) is 9.97 Å². The molecule has 2 aromatic rings. The second-order valence-electron chi connectivity index (χ2n) is 3.16. The van der Waals surface area contributed by atoms with Gasteiger partial charge in [-0.05, 0) is 34.7 Å². The van der Waals surface area contributed by atoms with Crippen molar-refractivity contribution in [3.05, 3.63) is 34.0 Å². The molecule has 0 spiro atoms. The Balaban J connectivity index is 2.46. The number of nitrogens with two attached hydrogens (primary N) is 1. The zero-order chi connectivity index (χ0) is 11.5. The van der Waals surface area contributed by atoms with Crippen molar-refractivity contribution in [1.29, 1.82) is 0 Å². The highest BCUT2D eigenvalue weighted by atomic mass is 127. The summed E-state index contributed by atoms with van der Waals surface area (Å²) in [5.41, 5.74) is 6.63. The van der Waals surface area contributed by atoms with Crippen molar-refractivity contribution in [3.8, 4) is 17.1 Å². The predicted molar refractivity (Wildman–Crippen MR) is 71.1 cm³/mol. The van der Waals surface area contributed by atoms with Crippen molar-refractivity contribution < 1.29 is 4.74 Å². The van der Waals surface area contributed by atoms with Crippen LogP contribution in [0.5, 0.6) is 5.75 Å². The van der Waals surface area contributed by atoms with E-state index < -0.39 is 0 Å². The highest BCUT2D eigenvalue weighted by molar-refractivity contribution is 14.1. The van der Waals surface area contributed by atoms with Crippen molar-refractivity contribution in [2.75, 3.05) is 12.8 Å². The lowest BCUT2D eigenvalue weighted by molar-refractivity contribution is 0.415. The summed E-state index contributed by atoms with van der Waals surface area (Å²) in [7, 11) is 1.63. The van der Waals surface area contributed by atoms with Crippen LogP contribution in [-0.4, -0.2) is 17.1 Å². The summed E-state index contributed by atoms with van der Waals surface area (Å²) in [6.45, 7) is 0. The second-order valence-corrected chi connectivity index (χ2v) is 4.32. The third-order valence-electron chi connectivity index (χ3n) is 2.10. The van der Waals surface area contributed by atoms with Crippen LogP contribution in [0.1, 0.15) is 0 Å². The van der Waals surface area contributed by atoms with E-state index in [1.54, 1.807) is 13.3 Å². The maximum atomic E-state index is 5.74. The number of ether oxygens (including phenoxy) is 1. The lowest BCUT2D eigenvalue weighted by Crippen LogP contribution is -1.98. The van der Waals surface area contributed by atoms with Gasteiger partial charge in [0.1, 0.15) is 11.6 Å². The summed E-state index contributed by atoms with van der Waals surface area (Å²) in [6, 6.07) is 7.57. The Morgan fingerprint density at radius 1 is 1.38 bits per heavy atom. The van der Waals surface area contributed by atoms with Crippen LogP contribution in [0.3, 0.4) is 0 Å². The zero-order valence-corrected chi connectivity index (χ0v) is 10.8. The van der Waals surface area contributed by atoms with Gasteiger partial charge in [-0.3, -0.25) is 0 Å². The van der Waals surface area contributed by atoms with Gasteiger partial charge in [-0.1, -0.05) is 12.1 Å². The molecule has 0 radical (unpaired) electrons. The fraction of sp³-hybridized carbons (Fsp3) is 0.0909. The molecule has 0 aliphatic rings. The van der Waals surface area contributed by atoms with Crippen LogP contribution in [0.4, 0.5) is 5.82 Å². The van der Waals surface area contributed by atoms with Gasteiger partial charge in [0.05, 0.1) is 10.7 Å². The van der Waals surface area contributed by atoms with E-state index in [0.717, 1.165) is 14.9 Å². The van der Waals surface area contributed by atoms with Crippen LogP contribution in [0.15, 0.2) is 30.5 Å². The third-order valence-corrected chi connectivity index (χ3v) is 2.93. The minimum absolute atomic E-state index is 0.494. The SMILES string of the molecule is COc1cccc(-c2ncc(I)c(N)n2)c1. The summed E-state index contributed by atoms with van der Waals surface area (Å²) >= 11 is 2.10. The molecule has 2 N–H and O–H groups in total. The van der Waals surface area contributed by atoms with Gasteiger partial charge in [-0.2, -0.15) is 0 Å². The minimum atomic E-state index is 0.494. The van der Waals surface area contributed by atoms with E-state index in [-0.39, 0.29) is 0 Å². The van der Waals surface area contributed by atoms with Gasteiger partial charge in [-0.25, -0.2) is 9.97 Å². The van der Waals surface area contributed by atoms with E-state index in [2.05, 4.69) is 32.6 Å². The summed E-state index contributed by atoms with van der Waals surface area (Å²) in [6.07, 6.45) is 1.71. The number of benzene rings is 1. The molecule has 1 heterocycles. The van der Waals surface area contributed by atoms with Crippen molar-refractivity contribution >= 4 is 28.4 Å². The average Bonchev–Trinajstić information content (AvgIpc) is 2.33. The molecule has 0 saturated heterocycles. The first-order chi connectivity index (χ1) is 7.70. The molecule has 1 aromatic carbocycles. The first-order valence-corrected chi connectivity index (χ1v) is 5.71. The van der Waals surface area contributed by atoms with Gasteiger partial charge in [0.2, 0.25) is 0 Å². The number of halogens is 1. The van der Waals surface area contributed by atoms with Crippen LogP contribution in [0.25, 0.3) is 11.4 Å². The van der Waals surface area contributed by atoms with E-state index in [9.17, 15) is 0 Å². The molecular formula is C11H10IN3O. The Bertz CT molecular complexity index is 516. The van der Waals surface area contributed by atoms with Crippen molar-refractivity contribution in [2.45, 2.75) is 0 Å². The first-order valence-electron chi connectivity index (χ1n) is 4.63. The molecule has 0 bridgehead atoms. The number of anilines is 1. The smallest absolute Gasteiger partial charge is 0.161 e. The average molecular weight is 327 g/mol. The van der Waals surface area contributed by atoms with Crippen LogP contribution in [-0.2, 0) is 0 Å². The van der Waals surface area contributed by atoms with Crippen LogP contribution >= 0.6 is 22.6 Å². The standard InChI is InChI=1S/C11H10IN3O/c1-16-8-4-2-3-7(5-8)11-14-6-9(12)10(13)15-11/h2-6H,1H3,(H2,13,14,15). The molecule has 82 valence electrons. The molecule has 0 aliphatic heterocycles. The maximum Gasteiger partial charge on any atom is 0.161 e. The summed E-state index contributed by atoms with van der Waals surface area (Å²) in [4.78, 5) is 8.45. The molecule has 0 amide bonds. The number of nitrogen functional groups attached to an aromatic ring is 1. The molecule has 1 aromatic heterocycles. The van der Waals surface area contributed by atoms with E-state index in [0.29, 0.717) is 11.6 Å². The number of rotatable bonds is 2. The summed E-state index contributed by atoms with van der Waals surface area (Å²) in [5.74, 6) is 1.88. The molecule has 0 unspecified atom stereocenters. The monoisotopic (exact) mass is 327 g/mol. The summed E-state index contributed by atoms with van der Waals surface area (Å²) in [5, 5.41) is 0. The summed E-state index contributed by atoms with van der Waals surface area (Å²) < 4.78 is 5.99. The van der Waals surface area contributed by atoms with Gasteiger partial charge in [-0.15, -0.1) is 0 Å². The maximum absolute atomic E-state index is 5.74. The highest BCUT2D eigenvalue weighted by Crippen LogP contribution is 2.22. The predicted octanol–water partition coefficient (Wildman–Crippen LogP) is 2.34. The van der Waals surface area contributed by atoms with Crippen LogP contribution in [0, 0.1) is 3.57 Å². The Labute approximate surface area is 107 Å². The fourth-order valence-corrected chi connectivity index (χ4v) is 1.54. The molecular weight excluding hydrogens is 317 g/mol. The van der Waals surface area contributed by atoms with Crippen molar-refractivity contribution in [2.24, 2.45) is 0 Å². The molecule has 0 saturated carbocycles. The zero-order valence-electron chi connectivity index (χ0n) is 8.64. The van der Waals surface area contributed by atoms with Crippen molar-refractivity contribution in [3.63, 3.8) is 0 Å². The van der Waals surface area contributed by atoms with Gasteiger partial charge in [0.15, 0.2) is 5.82 Å². The largest absolute Gasteiger partial charge is 0.497 e. The molecule has 0 aliphatic carbocycles. The highest BCUT2D eigenvalue weighted by Gasteiger charge is 2.05. The van der Waals surface area contributed by atoms with E-state index in [1.807, 2.05) is 24.3 Å². The minimum Gasteiger partial charge on any atom is -0.497 e. The van der Waals surface area contributed by atoms with Gasteiger partial charge >= 0.3 is 0 Å². The van der Waals surface area contributed by atoms with Crippen LogP contribution < -0.4 is 10.5 Å². The lowest BCUT2D eigenvalue weighted by atomic mass is 10.2. The number of nitrogens with zero attached hydrogens (tertiary/aromatic N) is 2. The number of hydrogen-bond donors (Lipinski definition) is 1. The van der Waals surface area contributed by atoms with Gasteiger partial charge in [0.25, 0.3) is 0 Å². The number of hydrogen-bond acceptors (Lipinski definition) is 4. The third kappa shape index (κ3) is 2.24.